The fraction of sp³-hybridized carbons (Fsp3) is 0.263. The third-order valence-electron chi connectivity index (χ3n) is 3.11. The summed E-state index contributed by atoms with van der Waals surface area (Å²) in [5.74, 6) is 0.705. The maximum Gasteiger partial charge on any atom is 0.337 e. The van der Waals surface area contributed by atoms with E-state index in [1.165, 1.54) is 6.07 Å². The first-order chi connectivity index (χ1) is 12.6. The predicted octanol–water partition coefficient (Wildman–Crippen LogP) is 3.72. The number of halogens is 1. The number of para-hydroxylation sites is 1. The highest BCUT2D eigenvalue weighted by atomic mass is 79.9. The van der Waals surface area contributed by atoms with Crippen LogP contribution < -0.4 is 14.2 Å². The zero-order valence-electron chi connectivity index (χ0n) is 14.2. The van der Waals surface area contributed by atoms with Crippen molar-refractivity contribution in [3.63, 3.8) is 0 Å². The molecular weight excluding hydrogens is 402 g/mol. The normalized spacial score (nSPS) is 10.0. The lowest BCUT2D eigenvalue weighted by atomic mass is 10.2. The molecule has 136 valence electrons. The lowest BCUT2D eigenvalue weighted by Crippen LogP contribution is -2.18. The largest absolute Gasteiger partial charge is 0.491 e. The van der Waals surface area contributed by atoms with Gasteiger partial charge in [0.15, 0.2) is 11.5 Å². The van der Waals surface area contributed by atoms with E-state index in [9.17, 15) is 4.79 Å². The van der Waals surface area contributed by atoms with Gasteiger partial charge in [-0.3, -0.25) is 0 Å². The summed E-state index contributed by atoms with van der Waals surface area (Å²) in [6, 6.07) is 14.4. The summed E-state index contributed by atoms with van der Waals surface area (Å²) in [5.41, 5.74) is 0.398. The Kier molecular flexibility index (Phi) is 7.93. The van der Waals surface area contributed by atoms with Crippen molar-refractivity contribution in [3.8, 4) is 23.3 Å². The zero-order valence-corrected chi connectivity index (χ0v) is 15.8. The molecule has 0 unspecified atom stereocenters. The summed E-state index contributed by atoms with van der Waals surface area (Å²) in [7, 11) is 0. The Morgan fingerprint density at radius 3 is 2.62 bits per heavy atom. The minimum absolute atomic E-state index is 0.222. The summed E-state index contributed by atoms with van der Waals surface area (Å²) in [6.45, 7) is 2.52. The molecule has 0 amide bonds. The van der Waals surface area contributed by atoms with Gasteiger partial charge in [-0.25, -0.2) is 4.79 Å². The number of carbonyl (C=O) groups excluding carboxylic acids is 1. The number of rotatable bonds is 9. The summed E-state index contributed by atoms with van der Waals surface area (Å²) < 4.78 is 21.9. The van der Waals surface area contributed by atoms with Crippen LogP contribution in [0.1, 0.15) is 12.5 Å². The van der Waals surface area contributed by atoms with E-state index in [-0.39, 0.29) is 19.0 Å². The minimum atomic E-state index is -0.573. The van der Waals surface area contributed by atoms with Crippen molar-refractivity contribution in [3.05, 3.63) is 52.5 Å². The van der Waals surface area contributed by atoms with Crippen LogP contribution in [0.25, 0.3) is 0 Å². The van der Waals surface area contributed by atoms with E-state index in [2.05, 4.69) is 15.9 Å². The van der Waals surface area contributed by atoms with Gasteiger partial charge in [0.1, 0.15) is 19.0 Å². The number of esters is 1. The van der Waals surface area contributed by atoms with E-state index in [0.29, 0.717) is 29.0 Å². The van der Waals surface area contributed by atoms with Gasteiger partial charge in [-0.1, -0.05) is 18.2 Å². The molecule has 0 spiro atoms. The van der Waals surface area contributed by atoms with E-state index in [1.54, 1.807) is 13.0 Å². The van der Waals surface area contributed by atoms with Gasteiger partial charge in [0, 0.05) is 6.07 Å². The molecule has 0 aliphatic carbocycles. The molecule has 2 aromatic rings. The molecule has 0 radical (unpaired) electrons. The fourth-order valence-corrected chi connectivity index (χ4v) is 2.55. The van der Waals surface area contributed by atoms with Crippen LogP contribution in [0, 0.1) is 11.3 Å². The first-order valence-corrected chi connectivity index (χ1v) is 8.76. The number of ether oxygens (including phenoxy) is 4. The highest BCUT2D eigenvalue weighted by molar-refractivity contribution is 9.10. The van der Waals surface area contributed by atoms with Gasteiger partial charge in [0.2, 0.25) is 0 Å². The molecule has 2 rings (SSSR count). The summed E-state index contributed by atoms with van der Waals surface area (Å²) in [4.78, 5) is 12.0. The number of benzene rings is 2. The molecule has 0 saturated heterocycles. The lowest BCUT2D eigenvalue weighted by molar-refractivity contribution is -0.139. The molecule has 2 aromatic carbocycles. The van der Waals surface area contributed by atoms with Crippen LogP contribution >= 0.6 is 15.9 Å². The van der Waals surface area contributed by atoms with Gasteiger partial charge in [-0.05, 0) is 41.1 Å². The highest BCUT2D eigenvalue weighted by Crippen LogP contribution is 2.36. The van der Waals surface area contributed by atoms with E-state index in [4.69, 9.17) is 24.2 Å². The van der Waals surface area contributed by atoms with Crippen LogP contribution in [0.15, 0.2) is 46.9 Å². The third kappa shape index (κ3) is 6.06. The third-order valence-corrected chi connectivity index (χ3v) is 3.70. The van der Waals surface area contributed by atoms with E-state index in [1.807, 2.05) is 36.4 Å². The molecule has 7 heteroatoms. The Morgan fingerprint density at radius 1 is 1.15 bits per heavy atom. The second-order valence-electron chi connectivity index (χ2n) is 5.02. The van der Waals surface area contributed by atoms with Crippen molar-refractivity contribution in [2.24, 2.45) is 0 Å². The predicted molar refractivity (Wildman–Crippen MR) is 98.4 cm³/mol. The first-order valence-electron chi connectivity index (χ1n) is 7.96. The fourth-order valence-electron chi connectivity index (χ4n) is 2.03. The van der Waals surface area contributed by atoms with Crippen LogP contribution in [0.5, 0.6) is 17.2 Å². The second kappa shape index (κ2) is 10.4. The highest BCUT2D eigenvalue weighted by Gasteiger charge is 2.16. The first kappa shape index (κ1) is 19.8. The molecule has 0 aliphatic rings. The Bertz CT molecular complexity index is 773. The average Bonchev–Trinajstić information content (AvgIpc) is 2.65. The Balaban J connectivity index is 1.83. The van der Waals surface area contributed by atoms with Gasteiger partial charge in [0.25, 0.3) is 0 Å². The number of hydrogen-bond acceptors (Lipinski definition) is 6. The van der Waals surface area contributed by atoms with E-state index >= 15 is 0 Å². The van der Waals surface area contributed by atoms with Crippen molar-refractivity contribution in [1.29, 1.82) is 5.26 Å². The summed E-state index contributed by atoms with van der Waals surface area (Å²) in [5, 5.41) is 9.01. The average molecular weight is 420 g/mol. The second-order valence-corrected chi connectivity index (χ2v) is 5.87. The molecule has 26 heavy (non-hydrogen) atoms. The number of hydrogen-bond donors (Lipinski definition) is 0. The molecular formula is C19H18BrNO5. The Morgan fingerprint density at radius 2 is 1.92 bits per heavy atom. The van der Waals surface area contributed by atoms with Crippen molar-refractivity contribution in [2.75, 3.05) is 26.4 Å². The molecule has 0 heterocycles. The maximum absolute atomic E-state index is 12.0. The standard InChI is InChI=1S/C19H18BrNO5/c1-2-24-17-11-14(12-21)10-16(20)19(17)26-18(22)13-23-8-9-25-15-6-4-3-5-7-15/h3-7,10-11H,2,8-9,13H2,1H3. The van der Waals surface area contributed by atoms with Gasteiger partial charge in [-0.15, -0.1) is 0 Å². The van der Waals surface area contributed by atoms with E-state index in [0.717, 1.165) is 5.75 Å². The zero-order chi connectivity index (χ0) is 18.8. The molecule has 0 N–H and O–H groups in total. The topological polar surface area (TPSA) is 77.8 Å². The van der Waals surface area contributed by atoms with Crippen molar-refractivity contribution >= 4 is 21.9 Å². The van der Waals surface area contributed by atoms with Gasteiger partial charge < -0.3 is 18.9 Å². The molecule has 0 bridgehead atoms. The van der Waals surface area contributed by atoms with Crippen LogP contribution in [0.2, 0.25) is 0 Å². The molecule has 0 saturated carbocycles. The number of nitrogens with zero attached hydrogens (tertiary/aromatic N) is 1. The van der Waals surface area contributed by atoms with Crippen molar-refractivity contribution < 1.29 is 23.7 Å². The molecule has 0 atom stereocenters. The Labute approximate surface area is 160 Å². The summed E-state index contributed by atoms with van der Waals surface area (Å²) >= 11 is 3.29. The van der Waals surface area contributed by atoms with Gasteiger partial charge in [-0.2, -0.15) is 5.26 Å². The number of nitriles is 1. The molecule has 0 fully saturated rings. The maximum atomic E-state index is 12.0. The smallest absolute Gasteiger partial charge is 0.337 e. The van der Waals surface area contributed by atoms with Crippen LogP contribution in [-0.2, 0) is 9.53 Å². The monoisotopic (exact) mass is 419 g/mol. The minimum Gasteiger partial charge on any atom is -0.491 e. The van der Waals surface area contributed by atoms with Crippen molar-refractivity contribution in [2.45, 2.75) is 6.92 Å². The molecule has 6 nitrogen and oxygen atoms in total. The summed E-state index contributed by atoms with van der Waals surface area (Å²) in [6.07, 6.45) is 0. The van der Waals surface area contributed by atoms with Crippen LogP contribution in [0.4, 0.5) is 0 Å². The van der Waals surface area contributed by atoms with E-state index < -0.39 is 5.97 Å². The molecule has 0 aromatic heterocycles. The van der Waals surface area contributed by atoms with Crippen LogP contribution in [-0.4, -0.2) is 32.4 Å². The quantitative estimate of drug-likeness (QED) is 0.350. The van der Waals surface area contributed by atoms with Gasteiger partial charge in [0.05, 0.1) is 29.3 Å². The SMILES string of the molecule is CCOc1cc(C#N)cc(Br)c1OC(=O)COCCOc1ccccc1. The van der Waals surface area contributed by atoms with Crippen molar-refractivity contribution in [1.82, 2.24) is 0 Å². The number of carbonyl (C=O) groups is 1. The lowest BCUT2D eigenvalue weighted by Gasteiger charge is -2.13. The Hall–Kier alpha value is -2.56. The van der Waals surface area contributed by atoms with Crippen LogP contribution in [0.3, 0.4) is 0 Å². The van der Waals surface area contributed by atoms with Gasteiger partial charge >= 0.3 is 5.97 Å². The molecule has 0 aliphatic heterocycles.